The molecule has 0 aliphatic rings. The highest BCUT2D eigenvalue weighted by atomic mass is 35.5. The predicted molar refractivity (Wildman–Crippen MR) is 88.8 cm³/mol. The Kier molecular flexibility index (Phi) is 3.91. The number of aryl methyl sites for hydroxylation is 1. The third-order valence-electron chi connectivity index (χ3n) is 3.70. The number of halogens is 1. The minimum Gasteiger partial charge on any atom is -0.309 e. The molecule has 0 amide bonds. The maximum Gasteiger partial charge on any atom is 0.0702 e. The maximum absolute atomic E-state index is 6.41. The van der Waals surface area contributed by atoms with Crippen molar-refractivity contribution in [3.8, 4) is 0 Å². The molecule has 3 rings (SSSR count). The Bertz CT molecular complexity index is 783. The fourth-order valence-electron chi connectivity index (χ4n) is 2.61. The van der Waals surface area contributed by atoms with Gasteiger partial charge < -0.3 is 5.32 Å². The number of nitrogens with zero attached hydrogens (tertiary/aromatic N) is 1. The normalized spacial score (nSPS) is 12.5. The van der Waals surface area contributed by atoms with Gasteiger partial charge in [-0.1, -0.05) is 41.9 Å². The van der Waals surface area contributed by atoms with Crippen LogP contribution in [0.1, 0.15) is 22.7 Å². The van der Waals surface area contributed by atoms with Crippen molar-refractivity contribution in [3.05, 3.63) is 76.4 Å². The van der Waals surface area contributed by atoms with Gasteiger partial charge in [0.05, 0.1) is 11.6 Å². The van der Waals surface area contributed by atoms with Crippen LogP contribution < -0.4 is 5.32 Å². The van der Waals surface area contributed by atoms with Crippen molar-refractivity contribution in [2.75, 3.05) is 7.05 Å². The summed E-state index contributed by atoms with van der Waals surface area (Å²) in [5.74, 6) is 0. The van der Waals surface area contributed by atoms with Gasteiger partial charge in [0, 0.05) is 16.6 Å². The molecule has 0 aliphatic carbocycles. The van der Waals surface area contributed by atoms with Gasteiger partial charge in [-0.2, -0.15) is 0 Å². The molecule has 0 spiro atoms. The van der Waals surface area contributed by atoms with Crippen molar-refractivity contribution in [1.29, 1.82) is 0 Å². The molecular formula is C18H17ClN2. The van der Waals surface area contributed by atoms with Crippen LogP contribution in [0.5, 0.6) is 0 Å². The molecule has 21 heavy (non-hydrogen) atoms. The maximum atomic E-state index is 6.41. The first-order valence-corrected chi connectivity index (χ1v) is 7.35. The van der Waals surface area contributed by atoms with Crippen LogP contribution in [-0.2, 0) is 0 Å². The van der Waals surface area contributed by atoms with Crippen molar-refractivity contribution >= 4 is 22.5 Å². The summed E-state index contributed by atoms with van der Waals surface area (Å²) in [6.07, 6.45) is 1.92. The van der Waals surface area contributed by atoms with Crippen LogP contribution in [0.4, 0.5) is 0 Å². The van der Waals surface area contributed by atoms with Crippen molar-refractivity contribution in [2.45, 2.75) is 13.0 Å². The molecule has 1 unspecified atom stereocenters. The standard InChI is InChI=1S/C18H17ClN2/c1-12-7-8-15(16(19)9-12)18(20-2)14-10-13-5-3-4-6-17(13)21-11-14/h3-11,18,20H,1-2H3. The van der Waals surface area contributed by atoms with Crippen LogP contribution in [0, 0.1) is 6.92 Å². The van der Waals surface area contributed by atoms with Gasteiger partial charge in [0.1, 0.15) is 0 Å². The molecule has 0 bridgehead atoms. The Labute approximate surface area is 129 Å². The molecule has 1 atom stereocenters. The number of rotatable bonds is 3. The molecule has 0 saturated heterocycles. The van der Waals surface area contributed by atoms with Gasteiger partial charge in [-0.15, -0.1) is 0 Å². The number of benzene rings is 2. The highest BCUT2D eigenvalue weighted by molar-refractivity contribution is 6.31. The van der Waals surface area contributed by atoms with Crippen LogP contribution >= 0.6 is 11.6 Å². The Morgan fingerprint density at radius 3 is 2.67 bits per heavy atom. The van der Waals surface area contributed by atoms with E-state index in [0.29, 0.717) is 0 Å². The lowest BCUT2D eigenvalue weighted by Gasteiger charge is -2.19. The lowest BCUT2D eigenvalue weighted by atomic mass is 9.98. The topological polar surface area (TPSA) is 24.9 Å². The summed E-state index contributed by atoms with van der Waals surface area (Å²) < 4.78 is 0. The molecule has 2 nitrogen and oxygen atoms in total. The van der Waals surface area contributed by atoms with E-state index in [-0.39, 0.29) is 6.04 Å². The Morgan fingerprint density at radius 2 is 1.90 bits per heavy atom. The molecule has 1 N–H and O–H groups in total. The summed E-state index contributed by atoms with van der Waals surface area (Å²) >= 11 is 6.41. The predicted octanol–water partition coefficient (Wildman–Crippen LogP) is 4.51. The molecule has 1 heterocycles. The van der Waals surface area contributed by atoms with E-state index >= 15 is 0 Å². The second-order valence-corrected chi connectivity index (χ2v) is 5.62. The van der Waals surface area contributed by atoms with E-state index in [1.807, 2.05) is 44.4 Å². The zero-order chi connectivity index (χ0) is 14.8. The fraction of sp³-hybridized carbons (Fsp3) is 0.167. The quantitative estimate of drug-likeness (QED) is 0.769. The number of pyridine rings is 1. The highest BCUT2D eigenvalue weighted by Crippen LogP contribution is 2.29. The van der Waals surface area contributed by atoms with Gasteiger partial charge in [-0.05, 0) is 48.9 Å². The summed E-state index contributed by atoms with van der Waals surface area (Å²) in [6, 6.07) is 16.5. The van der Waals surface area contributed by atoms with E-state index in [1.54, 1.807) is 0 Å². The van der Waals surface area contributed by atoms with Crippen molar-refractivity contribution < 1.29 is 0 Å². The monoisotopic (exact) mass is 296 g/mol. The summed E-state index contributed by atoms with van der Waals surface area (Å²) in [5, 5.41) is 5.25. The molecular weight excluding hydrogens is 280 g/mol. The summed E-state index contributed by atoms with van der Waals surface area (Å²) in [5.41, 5.74) is 4.35. The highest BCUT2D eigenvalue weighted by Gasteiger charge is 2.16. The molecule has 0 aliphatic heterocycles. The lowest BCUT2D eigenvalue weighted by molar-refractivity contribution is 0.690. The van der Waals surface area contributed by atoms with Gasteiger partial charge in [-0.25, -0.2) is 0 Å². The van der Waals surface area contributed by atoms with Gasteiger partial charge >= 0.3 is 0 Å². The van der Waals surface area contributed by atoms with Gasteiger partial charge in [0.2, 0.25) is 0 Å². The zero-order valence-electron chi connectivity index (χ0n) is 12.1. The Hall–Kier alpha value is -1.90. The van der Waals surface area contributed by atoms with E-state index in [2.05, 4.69) is 34.6 Å². The molecule has 0 saturated carbocycles. The summed E-state index contributed by atoms with van der Waals surface area (Å²) in [4.78, 5) is 4.54. The largest absolute Gasteiger partial charge is 0.309 e. The molecule has 0 fully saturated rings. The van der Waals surface area contributed by atoms with Crippen LogP contribution in [0.25, 0.3) is 10.9 Å². The third-order valence-corrected chi connectivity index (χ3v) is 4.03. The van der Waals surface area contributed by atoms with Crippen LogP contribution in [-0.4, -0.2) is 12.0 Å². The van der Waals surface area contributed by atoms with Crippen LogP contribution in [0.2, 0.25) is 5.02 Å². The van der Waals surface area contributed by atoms with Crippen LogP contribution in [0.3, 0.4) is 0 Å². The van der Waals surface area contributed by atoms with Gasteiger partial charge in [0.15, 0.2) is 0 Å². The summed E-state index contributed by atoms with van der Waals surface area (Å²) in [6.45, 7) is 2.04. The fourth-order valence-corrected chi connectivity index (χ4v) is 2.96. The van der Waals surface area contributed by atoms with Crippen LogP contribution in [0.15, 0.2) is 54.7 Å². The van der Waals surface area contributed by atoms with Crippen molar-refractivity contribution in [1.82, 2.24) is 10.3 Å². The minimum absolute atomic E-state index is 0.0372. The third kappa shape index (κ3) is 2.78. The molecule has 1 aromatic heterocycles. The second kappa shape index (κ2) is 5.84. The smallest absolute Gasteiger partial charge is 0.0702 e. The minimum atomic E-state index is 0.0372. The number of hydrogen-bond acceptors (Lipinski definition) is 2. The molecule has 106 valence electrons. The van der Waals surface area contributed by atoms with Crippen molar-refractivity contribution in [2.24, 2.45) is 0 Å². The molecule has 3 heteroatoms. The summed E-state index contributed by atoms with van der Waals surface area (Å²) in [7, 11) is 1.94. The molecule has 3 aromatic rings. The van der Waals surface area contributed by atoms with E-state index in [9.17, 15) is 0 Å². The van der Waals surface area contributed by atoms with E-state index in [4.69, 9.17) is 11.6 Å². The number of hydrogen-bond donors (Lipinski definition) is 1. The number of para-hydroxylation sites is 1. The molecule has 2 aromatic carbocycles. The number of nitrogens with one attached hydrogen (secondary N) is 1. The average Bonchev–Trinajstić information content (AvgIpc) is 2.50. The van der Waals surface area contributed by atoms with E-state index in [0.717, 1.165) is 32.6 Å². The lowest BCUT2D eigenvalue weighted by Crippen LogP contribution is -2.18. The Balaban J connectivity index is 2.09. The Morgan fingerprint density at radius 1 is 1.10 bits per heavy atom. The molecule has 0 radical (unpaired) electrons. The average molecular weight is 297 g/mol. The zero-order valence-corrected chi connectivity index (χ0v) is 12.9. The number of aromatic nitrogens is 1. The first kappa shape index (κ1) is 14.1. The first-order valence-electron chi connectivity index (χ1n) is 6.97. The first-order chi connectivity index (χ1) is 10.2. The van der Waals surface area contributed by atoms with E-state index in [1.165, 1.54) is 0 Å². The number of fused-ring (bicyclic) bond motifs is 1. The van der Waals surface area contributed by atoms with Crippen molar-refractivity contribution in [3.63, 3.8) is 0 Å². The second-order valence-electron chi connectivity index (χ2n) is 5.21. The van der Waals surface area contributed by atoms with E-state index < -0.39 is 0 Å². The van der Waals surface area contributed by atoms with Gasteiger partial charge in [-0.3, -0.25) is 4.98 Å². The van der Waals surface area contributed by atoms with Gasteiger partial charge in [0.25, 0.3) is 0 Å². The SMILES string of the molecule is CNC(c1cnc2ccccc2c1)c1ccc(C)cc1Cl.